The molecule has 0 aromatic heterocycles. The maximum absolute atomic E-state index is 12.7. The summed E-state index contributed by atoms with van der Waals surface area (Å²) in [7, 11) is -4.86. The Labute approximate surface area is 137 Å². The lowest BCUT2D eigenvalue weighted by Crippen LogP contribution is -2.23. The number of aliphatic hydroxyl groups is 2. The van der Waals surface area contributed by atoms with Gasteiger partial charge in [-0.15, -0.1) is 0 Å². The molecule has 1 atom stereocenters. The molecule has 0 spiro atoms. The van der Waals surface area contributed by atoms with Crippen molar-refractivity contribution in [3.8, 4) is 5.75 Å². The molecular weight excluding hydrogens is 337 g/mol. The Morgan fingerprint density at radius 3 is 2.50 bits per heavy atom. The zero-order chi connectivity index (χ0) is 18.1. The van der Waals surface area contributed by atoms with Gasteiger partial charge in [-0.2, -0.15) is 4.76 Å². The quantitative estimate of drug-likeness (QED) is 0.521. The second kappa shape index (κ2) is 6.60. The molecule has 0 bridgehead atoms. The van der Waals surface area contributed by atoms with Crippen LogP contribution < -0.4 is 0 Å². The van der Waals surface area contributed by atoms with E-state index in [1.807, 2.05) is 0 Å². The molecule has 1 aliphatic rings. The highest BCUT2D eigenvalue weighted by molar-refractivity contribution is 7.50. The molecule has 0 amide bonds. The number of phenolic OH excluding ortho intramolecular Hbond substituents is 1. The number of ketones is 1. The lowest BCUT2D eigenvalue weighted by molar-refractivity contribution is -0.116. The van der Waals surface area contributed by atoms with E-state index in [9.17, 15) is 24.7 Å². The standard InChI is InChI=1S/C15H16NO7P/c1-8(9-3-2-4-10(17)5-9)15(20)14-12(16-24(21,22)23)6-11(18)7-13(14)19/h2-5,7-8,17-19H,6H2,1H3,(H2,21,22,23). The SMILES string of the molecule is CC(C(=O)C1=C(O)C=C(O)CC1=NP(=O)(O)O)c1cccc(O)c1. The number of hydrogen-bond acceptors (Lipinski definition) is 5. The van der Waals surface area contributed by atoms with Crippen LogP contribution in [-0.4, -0.2) is 36.6 Å². The normalized spacial score (nSPS) is 18.5. The molecular formula is C15H16NO7P. The number of aromatic hydroxyl groups is 1. The molecule has 0 heterocycles. The summed E-state index contributed by atoms with van der Waals surface area (Å²) in [5.74, 6) is -2.50. The van der Waals surface area contributed by atoms with Crippen molar-refractivity contribution >= 4 is 19.2 Å². The van der Waals surface area contributed by atoms with E-state index in [1.165, 1.54) is 19.1 Å². The fourth-order valence-electron chi connectivity index (χ4n) is 2.36. The van der Waals surface area contributed by atoms with Gasteiger partial charge in [0.15, 0.2) is 5.78 Å². The first-order valence-corrected chi connectivity index (χ1v) is 8.46. The van der Waals surface area contributed by atoms with Crippen LogP contribution in [0.2, 0.25) is 0 Å². The van der Waals surface area contributed by atoms with Crippen molar-refractivity contribution in [2.45, 2.75) is 19.3 Å². The number of aliphatic hydroxyl groups excluding tert-OH is 2. The van der Waals surface area contributed by atoms with Crippen LogP contribution >= 0.6 is 7.75 Å². The second-order valence-electron chi connectivity index (χ2n) is 5.31. The van der Waals surface area contributed by atoms with Crippen molar-refractivity contribution in [3.05, 3.63) is 53.0 Å². The van der Waals surface area contributed by atoms with Crippen molar-refractivity contribution in [3.63, 3.8) is 0 Å². The fourth-order valence-corrected chi connectivity index (χ4v) is 2.85. The van der Waals surface area contributed by atoms with Gasteiger partial charge in [0.25, 0.3) is 0 Å². The van der Waals surface area contributed by atoms with E-state index in [1.54, 1.807) is 12.1 Å². The van der Waals surface area contributed by atoms with Gasteiger partial charge in [0.2, 0.25) is 0 Å². The number of carbonyl (C=O) groups excluding carboxylic acids is 1. The number of rotatable bonds is 4. The maximum Gasteiger partial charge on any atom is 0.448 e. The Hall–Kier alpha value is -2.41. The van der Waals surface area contributed by atoms with Crippen molar-refractivity contribution < 1.29 is 34.5 Å². The van der Waals surface area contributed by atoms with Gasteiger partial charge in [0.1, 0.15) is 17.3 Å². The van der Waals surface area contributed by atoms with Gasteiger partial charge in [-0.1, -0.05) is 19.1 Å². The first kappa shape index (κ1) is 17.9. The molecule has 2 rings (SSSR count). The summed E-state index contributed by atoms with van der Waals surface area (Å²) in [4.78, 5) is 30.7. The summed E-state index contributed by atoms with van der Waals surface area (Å²) in [5.41, 5.74) is -0.306. The van der Waals surface area contributed by atoms with Crippen LogP contribution in [0, 0.1) is 0 Å². The van der Waals surface area contributed by atoms with E-state index in [0.717, 1.165) is 6.08 Å². The summed E-state index contributed by atoms with van der Waals surface area (Å²) < 4.78 is 14.3. The summed E-state index contributed by atoms with van der Waals surface area (Å²) in [6, 6.07) is 5.94. The topological polar surface area (TPSA) is 148 Å². The van der Waals surface area contributed by atoms with Gasteiger partial charge in [0.05, 0.1) is 11.3 Å². The molecule has 128 valence electrons. The largest absolute Gasteiger partial charge is 0.512 e. The number of Topliss-reactive ketones (excluding diaryl/α,β-unsaturated/α-hetero) is 1. The zero-order valence-corrected chi connectivity index (χ0v) is 13.5. The van der Waals surface area contributed by atoms with Gasteiger partial charge in [-0.05, 0) is 17.7 Å². The second-order valence-corrected chi connectivity index (χ2v) is 6.54. The molecule has 8 nitrogen and oxygen atoms in total. The molecule has 1 aromatic rings. The van der Waals surface area contributed by atoms with Gasteiger partial charge < -0.3 is 25.1 Å². The minimum absolute atomic E-state index is 0.0457. The van der Waals surface area contributed by atoms with Crippen LogP contribution in [-0.2, 0) is 9.36 Å². The molecule has 0 fully saturated rings. The Morgan fingerprint density at radius 2 is 1.92 bits per heavy atom. The smallest absolute Gasteiger partial charge is 0.448 e. The third-order valence-corrected chi connectivity index (χ3v) is 3.96. The number of allylic oxidation sites excluding steroid dienone is 3. The van der Waals surface area contributed by atoms with Crippen LogP contribution in [0.1, 0.15) is 24.8 Å². The van der Waals surface area contributed by atoms with E-state index in [0.29, 0.717) is 5.56 Å². The molecule has 1 aromatic carbocycles. The average Bonchev–Trinajstić information content (AvgIpc) is 2.43. The Kier molecular flexibility index (Phi) is 4.94. The number of carbonyl (C=O) groups is 1. The molecule has 9 heteroatoms. The number of phenols is 1. The monoisotopic (exact) mass is 353 g/mol. The van der Waals surface area contributed by atoms with Crippen LogP contribution in [0.5, 0.6) is 5.75 Å². The Balaban J connectivity index is 2.49. The van der Waals surface area contributed by atoms with E-state index < -0.39 is 30.9 Å². The van der Waals surface area contributed by atoms with Crippen molar-refractivity contribution in [2.75, 3.05) is 0 Å². The lowest BCUT2D eigenvalue weighted by Gasteiger charge is -2.19. The zero-order valence-electron chi connectivity index (χ0n) is 12.6. The predicted molar refractivity (Wildman–Crippen MR) is 86.0 cm³/mol. The van der Waals surface area contributed by atoms with E-state index >= 15 is 0 Å². The first-order chi connectivity index (χ1) is 11.1. The van der Waals surface area contributed by atoms with Crippen LogP contribution in [0.25, 0.3) is 0 Å². The molecule has 0 aliphatic heterocycles. The fraction of sp³-hybridized carbons (Fsp3) is 0.200. The van der Waals surface area contributed by atoms with Crippen LogP contribution in [0.4, 0.5) is 0 Å². The number of hydrogen-bond donors (Lipinski definition) is 5. The molecule has 1 aliphatic carbocycles. The third-order valence-electron chi connectivity index (χ3n) is 3.46. The minimum Gasteiger partial charge on any atom is -0.512 e. The summed E-state index contributed by atoms with van der Waals surface area (Å²) in [6.45, 7) is 1.52. The van der Waals surface area contributed by atoms with Crippen molar-refractivity contribution in [1.29, 1.82) is 0 Å². The first-order valence-electron chi connectivity index (χ1n) is 6.89. The molecule has 5 N–H and O–H groups in total. The minimum atomic E-state index is -4.86. The number of benzene rings is 1. The third kappa shape index (κ3) is 4.11. The van der Waals surface area contributed by atoms with Gasteiger partial charge >= 0.3 is 7.75 Å². The van der Waals surface area contributed by atoms with Crippen LogP contribution in [0.3, 0.4) is 0 Å². The molecule has 0 radical (unpaired) electrons. The number of nitrogens with zero attached hydrogens (tertiary/aromatic N) is 1. The Bertz CT molecular complexity index is 819. The van der Waals surface area contributed by atoms with E-state index in [2.05, 4.69) is 4.76 Å². The molecule has 0 saturated heterocycles. The van der Waals surface area contributed by atoms with Gasteiger partial charge in [-0.3, -0.25) is 4.79 Å². The average molecular weight is 353 g/mol. The lowest BCUT2D eigenvalue weighted by atomic mass is 9.86. The highest BCUT2D eigenvalue weighted by Gasteiger charge is 2.31. The van der Waals surface area contributed by atoms with E-state index in [-0.39, 0.29) is 23.5 Å². The molecule has 24 heavy (non-hydrogen) atoms. The van der Waals surface area contributed by atoms with Crippen molar-refractivity contribution in [1.82, 2.24) is 0 Å². The molecule has 1 unspecified atom stereocenters. The highest BCUT2D eigenvalue weighted by atomic mass is 31.2. The maximum atomic E-state index is 12.7. The van der Waals surface area contributed by atoms with Gasteiger partial charge in [0, 0.05) is 18.4 Å². The van der Waals surface area contributed by atoms with Gasteiger partial charge in [-0.25, -0.2) is 4.57 Å². The van der Waals surface area contributed by atoms with Crippen LogP contribution in [0.15, 0.2) is 52.2 Å². The molecule has 0 saturated carbocycles. The van der Waals surface area contributed by atoms with E-state index in [4.69, 9.17) is 9.79 Å². The Morgan fingerprint density at radius 1 is 1.25 bits per heavy atom. The summed E-state index contributed by atoms with van der Waals surface area (Å²) >= 11 is 0. The summed E-state index contributed by atoms with van der Waals surface area (Å²) in [6.07, 6.45) is 0.546. The summed E-state index contributed by atoms with van der Waals surface area (Å²) in [5, 5.41) is 29.0. The predicted octanol–water partition coefficient (Wildman–Crippen LogP) is 2.26. The highest BCUT2D eigenvalue weighted by Crippen LogP contribution is 2.39. The van der Waals surface area contributed by atoms with Crippen molar-refractivity contribution in [2.24, 2.45) is 4.76 Å².